The fourth-order valence-corrected chi connectivity index (χ4v) is 1.56. The third kappa shape index (κ3) is 3.33. The predicted molar refractivity (Wildman–Crippen MR) is 67.2 cm³/mol. The van der Waals surface area contributed by atoms with E-state index in [0.29, 0.717) is 16.4 Å². The zero-order valence-electron chi connectivity index (χ0n) is 10.3. The highest BCUT2D eigenvalue weighted by Gasteiger charge is 2.12. The molecule has 18 heavy (non-hydrogen) atoms. The first-order valence-corrected chi connectivity index (χ1v) is 5.61. The molecule has 7 heteroatoms. The molecule has 1 heterocycles. The molecule has 2 N–H and O–H groups in total. The number of hydrogen-bond acceptors (Lipinski definition) is 3. The minimum atomic E-state index is -1.09. The summed E-state index contributed by atoms with van der Waals surface area (Å²) in [5.41, 5.74) is 1.33. The van der Waals surface area contributed by atoms with Crippen molar-refractivity contribution in [1.29, 1.82) is 0 Å². The molecule has 1 aromatic rings. The van der Waals surface area contributed by atoms with Crippen LogP contribution in [0.3, 0.4) is 0 Å². The van der Waals surface area contributed by atoms with Gasteiger partial charge in [-0.2, -0.15) is 5.10 Å². The highest BCUT2D eigenvalue weighted by atomic mass is 35.5. The molecule has 0 spiro atoms. The van der Waals surface area contributed by atoms with Crippen molar-refractivity contribution in [3.8, 4) is 0 Å². The van der Waals surface area contributed by atoms with Crippen molar-refractivity contribution in [3.63, 3.8) is 0 Å². The van der Waals surface area contributed by atoms with Gasteiger partial charge in [0.25, 0.3) is 0 Å². The second-order valence-electron chi connectivity index (χ2n) is 3.82. The smallest absolute Gasteiger partial charge is 0.325 e. The predicted octanol–water partition coefficient (Wildman–Crippen LogP) is 0.984. The van der Waals surface area contributed by atoms with Gasteiger partial charge >= 0.3 is 5.97 Å². The molecular weight excluding hydrogens is 258 g/mol. The number of aliphatic carboxylic acids is 1. The molecule has 0 aliphatic rings. The Morgan fingerprint density at radius 2 is 2.17 bits per heavy atom. The molecule has 1 atom stereocenters. The van der Waals surface area contributed by atoms with Crippen LogP contribution in [0.15, 0.2) is 6.08 Å². The number of aromatic nitrogens is 2. The van der Waals surface area contributed by atoms with Crippen molar-refractivity contribution in [2.75, 3.05) is 0 Å². The van der Waals surface area contributed by atoms with Crippen LogP contribution in [0.4, 0.5) is 0 Å². The highest BCUT2D eigenvalue weighted by molar-refractivity contribution is 6.31. The van der Waals surface area contributed by atoms with Gasteiger partial charge in [0, 0.05) is 18.7 Å². The number of halogens is 1. The molecule has 0 aliphatic carbocycles. The van der Waals surface area contributed by atoms with E-state index in [9.17, 15) is 9.59 Å². The van der Waals surface area contributed by atoms with E-state index >= 15 is 0 Å². The largest absolute Gasteiger partial charge is 0.480 e. The van der Waals surface area contributed by atoms with Gasteiger partial charge in [0.15, 0.2) is 0 Å². The second kappa shape index (κ2) is 5.68. The minimum absolute atomic E-state index is 0.419. The quantitative estimate of drug-likeness (QED) is 0.800. The molecule has 1 amide bonds. The summed E-state index contributed by atoms with van der Waals surface area (Å²) in [5.74, 6) is -1.59. The lowest BCUT2D eigenvalue weighted by molar-refractivity contribution is -0.140. The van der Waals surface area contributed by atoms with Crippen molar-refractivity contribution in [2.45, 2.75) is 19.9 Å². The molecular formula is C11H14ClN3O3. The van der Waals surface area contributed by atoms with E-state index in [-0.39, 0.29) is 0 Å². The first kappa shape index (κ1) is 14.2. The number of carbonyl (C=O) groups is 2. The van der Waals surface area contributed by atoms with Crippen LogP contribution in [0.5, 0.6) is 0 Å². The fourth-order valence-electron chi connectivity index (χ4n) is 1.32. The summed E-state index contributed by atoms with van der Waals surface area (Å²) in [4.78, 5) is 22.0. The number of aryl methyl sites for hydroxylation is 2. The van der Waals surface area contributed by atoms with Crippen LogP contribution in [0.1, 0.15) is 18.2 Å². The van der Waals surface area contributed by atoms with Gasteiger partial charge in [0.05, 0.1) is 5.69 Å². The van der Waals surface area contributed by atoms with Crippen LogP contribution in [-0.2, 0) is 16.6 Å². The normalized spacial score (nSPS) is 12.7. The Morgan fingerprint density at radius 1 is 1.56 bits per heavy atom. The summed E-state index contributed by atoms with van der Waals surface area (Å²) in [5, 5.41) is 15.4. The minimum Gasteiger partial charge on any atom is -0.480 e. The Kier molecular flexibility index (Phi) is 4.49. The van der Waals surface area contributed by atoms with Crippen LogP contribution in [0.25, 0.3) is 6.08 Å². The maximum atomic E-state index is 11.4. The summed E-state index contributed by atoms with van der Waals surface area (Å²) in [7, 11) is 1.69. The van der Waals surface area contributed by atoms with Gasteiger partial charge in [0.1, 0.15) is 11.2 Å². The van der Waals surface area contributed by atoms with Gasteiger partial charge in [-0.1, -0.05) is 11.6 Å². The molecule has 0 unspecified atom stereocenters. The summed E-state index contributed by atoms with van der Waals surface area (Å²) >= 11 is 5.98. The lowest BCUT2D eigenvalue weighted by atomic mass is 10.2. The Hall–Kier alpha value is -1.82. The molecule has 98 valence electrons. The van der Waals surface area contributed by atoms with Gasteiger partial charge in [-0.05, 0) is 19.9 Å². The number of nitrogens with one attached hydrogen (secondary N) is 1. The summed E-state index contributed by atoms with van der Waals surface area (Å²) in [6, 6.07) is -0.937. The van der Waals surface area contributed by atoms with Crippen molar-refractivity contribution in [3.05, 3.63) is 22.5 Å². The van der Waals surface area contributed by atoms with E-state index in [1.165, 1.54) is 23.8 Å². The molecule has 0 saturated carbocycles. The van der Waals surface area contributed by atoms with Gasteiger partial charge in [-0.3, -0.25) is 14.3 Å². The van der Waals surface area contributed by atoms with Crippen molar-refractivity contribution in [1.82, 2.24) is 15.1 Å². The topological polar surface area (TPSA) is 84.2 Å². The SMILES string of the molecule is Cc1nn(C)c(Cl)c1/C=C/C(=O)N[C@H](C)C(=O)O. The number of nitrogens with zero attached hydrogens (tertiary/aromatic N) is 2. The van der Waals surface area contributed by atoms with E-state index in [0.717, 1.165) is 0 Å². The van der Waals surface area contributed by atoms with Crippen LogP contribution in [0, 0.1) is 6.92 Å². The summed E-state index contributed by atoms with van der Waals surface area (Å²) < 4.78 is 1.49. The van der Waals surface area contributed by atoms with E-state index in [4.69, 9.17) is 16.7 Å². The Balaban J connectivity index is 2.75. The van der Waals surface area contributed by atoms with E-state index in [1.807, 2.05) is 0 Å². The zero-order chi connectivity index (χ0) is 13.9. The number of carboxylic acids is 1. The number of hydrogen-bond donors (Lipinski definition) is 2. The van der Waals surface area contributed by atoms with E-state index in [1.54, 1.807) is 14.0 Å². The van der Waals surface area contributed by atoms with Crippen LogP contribution < -0.4 is 5.32 Å². The van der Waals surface area contributed by atoms with Crippen molar-refractivity contribution < 1.29 is 14.7 Å². The lowest BCUT2D eigenvalue weighted by Crippen LogP contribution is -2.37. The summed E-state index contributed by atoms with van der Waals surface area (Å²) in [6.07, 6.45) is 2.74. The molecule has 0 bridgehead atoms. The second-order valence-corrected chi connectivity index (χ2v) is 4.17. The Morgan fingerprint density at radius 3 is 2.61 bits per heavy atom. The monoisotopic (exact) mass is 271 g/mol. The van der Waals surface area contributed by atoms with Crippen LogP contribution in [0.2, 0.25) is 5.15 Å². The maximum absolute atomic E-state index is 11.4. The van der Waals surface area contributed by atoms with Crippen LogP contribution >= 0.6 is 11.6 Å². The van der Waals surface area contributed by atoms with Gasteiger partial charge in [-0.15, -0.1) is 0 Å². The number of rotatable bonds is 4. The number of carbonyl (C=O) groups excluding carboxylic acids is 1. The van der Waals surface area contributed by atoms with Gasteiger partial charge in [0.2, 0.25) is 5.91 Å². The molecule has 0 saturated heterocycles. The first-order valence-electron chi connectivity index (χ1n) is 5.23. The lowest BCUT2D eigenvalue weighted by Gasteiger charge is -2.05. The first-order chi connectivity index (χ1) is 8.32. The standard InChI is InChI=1S/C11H14ClN3O3/c1-6-8(10(12)15(3)14-6)4-5-9(16)13-7(2)11(17)18/h4-5,7H,1-3H3,(H,13,16)(H,17,18)/b5-4+/t7-/m1/s1. The summed E-state index contributed by atoms with van der Waals surface area (Å²) in [6.45, 7) is 3.15. The molecule has 0 aliphatic heterocycles. The molecule has 1 rings (SSSR count). The van der Waals surface area contributed by atoms with Gasteiger partial charge < -0.3 is 10.4 Å². The number of amides is 1. The molecule has 0 fully saturated rings. The van der Waals surface area contributed by atoms with E-state index in [2.05, 4.69) is 10.4 Å². The van der Waals surface area contributed by atoms with Gasteiger partial charge in [-0.25, -0.2) is 0 Å². The zero-order valence-corrected chi connectivity index (χ0v) is 11.0. The Bertz CT molecular complexity index is 508. The number of carboxylic acid groups (broad SMARTS) is 1. The fraction of sp³-hybridized carbons (Fsp3) is 0.364. The highest BCUT2D eigenvalue weighted by Crippen LogP contribution is 2.19. The molecule has 0 aromatic carbocycles. The van der Waals surface area contributed by atoms with E-state index < -0.39 is 17.9 Å². The molecule has 6 nitrogen and oxygen atoms in total. The van der Waals surface area contributed by atoms with Crippen molar-refractivity contribution >= 4 is 29.6 Å². The van der Waals surface area contributed by atoms with Crippen LogP contribution in [-0.4, -0.2) is 32.8 Å². The van der Waals surface area contributed by atoms with Crippen molar-refractivity contribution in [2.24, 2.45) is 7.05 Å². The average molecular weight is 272 g/mol. The third-order valence-corrected chi connectivity index (χ3v) is 2.77. The molecule has 0 radical (unpaired) electrons. The third-order valence-electron chi connectivity index (χ3n) is 2.33. The average Bonchev–Trinajstić information content (AvgIpc) is 2.51. The maximum Gasteiger partial charge on any atom is 0.325 e. The Labute approximate surface area is 109 Å². The molecule has 1 aromatic heterocycles.